The van der Waals surface area contributed by atoms with Gasteiger partial charge in [-0.3, -0.25) is 9.69 Å². The van der Waals surface area contributed by atoms with E-state index in [0.717, 1.165) is 19.6 Å². The van der Waals surface area contributed by atoms with Crippen molar-refractivity contribution in [3.63, 3.8) is 0 Å². The second-order valence-electron chi connectivity index (χ2n) is 7.99. The molecule has 0 aromatic carbocycles. The summed E-state index contributed by atoms with van der Waals surface area (Å²) < 4.78 is 0. The number of rotatable bonds is 3. The molecule has 3 amide bonds. The van der Waals surface area contributed by atoms with Gasteiger partial charge in [-0.15, -0.1) is 0 Å². The van der Waals surface area contributed by atoms with E-state index >= 15 is 0 Å². The molecule has 0 spiro atoms. The molecule has 0 saturated carbocycles. The maximum atomic E-state index is 12.4. The van der Waals surface area contributed by atoms with E-state index in [1.54, 1.807) is 0 Å². The maximum absolute atomic E-state index is 12.4. The lowest BCUT2D eigenvalue weighted by Gasteiger charge is -2.38. The summed E-state index contributed by atoms with van der Waals surface area (Å²) in [5, 5.41) is 3.10. The SMILES string of the molecule is CCN1CCCC[C@@H]1CNC(=O)N1CCN(C(=O)C(C)(C)C)CC1. The van der Waals surface area contributed by atoms with Crippen molar-refractivity contribution in [2.24, 2.45) is 5.41 Å². The van der Waals surface area contributed by atoms with Gasteiger partial charge in [0.15, 0.2) is 0 Å². The van der Waals surface area contributed by atoms with Crippen molar-refractivity contribution in [2.45, 2.75) is 53.0 Å². The highest BCUT2D eigenvalue weighted by molar-refractivity contribution is 5.82. The number of amides is 3. The van der Waals surface area contributed by atoms with Crippen molar-refractivity contribution in [1.29, 1.82) is 0 Å². The summed E-state index contributed by atoms with van der Waals surface area (Å²) in [6.45, 7) is 13.4. The van der Waals surface area contributed by atoms with E-state index in [9.17, 15) is 9.59 Å². The molecule has 138 valence electrons. The van der Waals surface area contributed by atoms with E-state index in [0.29, 0.717) is 32.2 Å². The molecule has 0 aromatic rings. The number of carbonyl (C=O) groups is 2. The number of carbonyl (C=O) groups excluding carboxylic acids is 2. The smallest absolute Gasteiger partial charge is 0.317 e. The Morgan fingerprint density at radius 2 is 1.62 bits per heavy atom. The third-order valence-electron chi connectivity index (χ3n) is 5.14. The zero-order chi connectivity index (χ0) is 17.7. The molecule has 2 aliphatic rings. The van der Waals surface area contributed by atoms with Crippen molar-refractivity contribution in [2.75, 3.05) is 45.8 Å². The first kappa shape index (κ1) is 19.0. The van der Waals surface area contributed by atoms with Crippen molar-refractivity contribution in [3.05, 3.63) is 0 Å². The molecule has 1 N–H and O–H groups in total. The summed E-state index contributed by atoms with van der Waals surface area (Å²) >= 11 is 0. The second-order valence-corrected chi connectivity index (χ2v) is 7.99. The highest BCUT2D eigenvalue weighted by Crippen LogP contribution is 2.19. The molecule has 2 saturated heterocycles. The molecule has 2 rings (SSSR count). The van der Waals surface area contributed by atoms with Gasteiger partial charge in [0.25, 0.3) is 0 Å². The highest BCUT2D eigenvalue weighted by Gasteiger charge is 2.31. The van der Waals surface area contributed by atoms with Gasteiger partial charge in [-0.05, 0) is 25.9 Å². The Balaban J connectivity index is 1.75. The van der Waals surface area contributed by atoms with Crippen LogP contribution in [0.4, 0.5) is 4.79 Å². The van der Waals surface area contributed by atoms with Crippen molar-refractivity contribution >= 4 is 11.9 Å². The van der Waals surface area contributed by atoms with Gasteiger partial charge in [0.2, 0.25) is 5.91 Å². The highest BCUT2D eigenvalue weighted by atomic mass is 16.2. The minimum Gasteiger partial charge on any atom is -0.339 e. The van der Waals surface area contributed by atoms with Crippen LogP contribution < -0.4 is 5.32 Å². The molecule has 0 radical (unpaired) electrons. The van der Waals surface area contributed by atoms with E-state index in [1.807, 2.05) is 30.6 Å². The fourth-order valence-electron chi connectivity index (χ4n) is 3.61. The standard InChI is InChI=1S/C18H34N4O2/c1-5-20-9-7-6-8-15(20)14-19-17(24)22-12-10-21(11-13-22)16(23)18(2,3)4/h15H,5-14H2,1-4H3,(H,19,24)/t15-/m1/s1. The lowest BCUT2D eigenvalue weighted by atomic mass is 9.94. The van der Waals surface area contributed by atoms with Crippen LogP contribution in [0.2, 0.25) is 0 Å². The first-order valence-electron chi connectivity index (χ1n) is 9.39. The molecule has 2 heterocycles. The van der Waals surface area contributed by atoms with Gasteiger partial charge >= 0.3 is 6.03 Å². The first-order chi connectivity index (χ1) is 11.3. The molecule has 6 heteroatoms. The number of piperazine rings is 1. The van der Waals surface area contributed by atoms with Crippen LogP contribution in [-0.4, -0.2) is 78.5 Å². The van der Waals surface area contributed by atoms with Crippen molar-refractivity contribution in [1.82, 2.24) is 20.0 Å². The maximum Gasteiger partial charge on any atom is 0.317 e. The number of likely N-dealkylation sites (N-methyl/N-ethyl adjacent to an activating group) is 1. The molecule has 1 atom stereocenters. The van der Waals surface area contributed by atoms with Gasteiger partial charge in [0, 0.05) is 44.2 Å². The van der Waals surface area contributed by atoms with Crippen molar-refractivity contribution in [3.8, 4) is 0 Å². The Kier molecular flexibility index (Phi) is 6.49. The summed E-state index contributed by atoms with van der Waals surface area (Å²) in [6.07, 6.45) is 3.69. The molecular formula is C18H34N4O2. The quantitative estimate of drug-likeness (QED) is 0.853. The number of nitrogens with zero attached hydrogens (tertiary/aromatic N) is 3. The molecule has 2 aliphatic heterocycles. The van der Waals surface area contributed by atoms with E-state index < -0.39 is 0 Å². The van der Waals surface area contributed by atoms with Crippen LogP contribution in [0.5, 0.6) is 0 Å². The van der Waals surface area contributed by atoms with Gasteiger partial charge in [-0.2, -0.15) is 0 Å². The second kappa shape index (κ2) is 8.19. The third-order valence-corrected chi connectivity index (χ3v) is 5.14. The number of nitrogens with one attached hydrogen (secondary N) is 1. The fraction of sp³-hybridized carbons (Fsp3) is 0.889. The number of hydrogen-bond acceptors (Lipinski definition) is 3. The Morgan fingerprint density at radius 3 is 2.21 bits per heavy atom. The minimum atomic E-state index is -0.352. The molecule has 6 nitrogen and oxygen atoms in total. The van der Waals surface area contributed by atoms with Crippen LogP contribution in [0.25, 0.3) is 0 Å². The predicted molar refractivity (Wildman–Crippen MR) is 95.9 cm³/mol. The lowest BCUT2D eigenvalue weighted by Crippen LogP contribution is -2.56. The third kappa shape index (κ3) is 4.85. The van der Waals surface area contributed by atoms with Crippen LogP contribution in [0.15, 0.2) is 0 Å². The number of likely N-dealkylation sites (tertiary alicyclic amines) is 1. The van der Waals surface area contributed by atoms with Gasteiger partial charge in [-0.1, -0.05) is 34.1 Å². The molecule has 24 heavy (non-hydrogen) atoms. The molecule has 0 aromatic heterocycles. The average molecular weight is 338 g/mol. The van der Waals surface area contributed by atoms with E-state index in [-0.39, 0.29) is 17.4 Å². The van der Waals surface area contributed by atoms with Crippen LogP contribution >= 0.6 is 0 Å². The Labute approximate surface area is 146 Å². The fourth-order valence-corrected chi connectivity index (χ4v) is 3.61. The van der Waals surface area contributed by atoms with E-state index in [4.69, 9.17) is 0 Å². The Morgan fingerprint density at radius 1 is 1.00 bits per heavy atom. The zero-order valence-electron chi connectivity index (χ0n) is 15.8. The van der Waals surface area contributed by atoms with Gasteiger partial charge in [0.05, 0.1) is 0 Å². The normalized spacial score (nSPS) is 23.2. The first-order valence-corrected chi connectivity index (χ1v) is 9.39. The summed E-state index contributed by atoms with van der Waals surface area (Å²) in [5.74, 6) is 0.170. The number of urea groups is 1. The lowest BCUT2D eigenvalue weighted by molar-refractivity contribution is -0.140. The van der Waals surface area contributed by atoms with E-state index in [1.165, 1.54) is 19.3 Å². The minimum absolute atomic E-state index is 0.0134. The largest absolute Gasteiger partial charge is 0.339 e. The zero-order valence-corrected chi connectivity index (χ0v) is 15.8. The van der Waals surface area contributed by atoms with E-state index in [2.05, 4.69) is 17.1 Å². The van der Waals surface area contributed by atoms with Gasteiger partial charge < -0.3 is 15.1 Å². The summed E-state index contributed by atoms with van der Waals surface area (Å²) in [4.78, 5) is 30.9. The molecule has 2 fully saturated rings. The van der Waals surface area contributed by atoms with Gasteiger partial charge in [-0.25, -0.2) is 4.79 Å². The monoisotopic (exact) mass is 338 g/mol. The molecular weight excluding hydrogens is 304 g/mol. The number of hydrogen-bond donors (Lipinski definition) is 1. The van der Waals surface area contributed by atoms with Crippen LogP contribution in [-0.2, 0) is 4.79 Å². The predicted octanol–water partition coefficient (Wildman–Crippen LogP) is 1.76. The van der Waals surface area contributed by atoms with Gasteiger partial charge in [0.1, 0.15) is 0 Å². The molecule has 0 bridgehead atoms. The summed E-state index contributed by atoms with van der Waals surface area (Å²) in [7, 11) is 0. The number of piperidine rings is 1. The molecule has 0 aliphatic carbocycles. The van der Waals surface area contributed by atoms with Crippen LogP contribution in [0.3, 0.4) is 0 Å². The molecule has 0 unspecified atom stereocenters. The van der Waals surface area contributed by atoms with Crippen LogP contribution in [0, 0.1) is 5.41 Å². The summed E-state index contributed by atoms with van der Waals surface area (Å²) in [6, 6.07) is 0.482. The van der Waals surface area contributed by atoms with Crippen LogP contribution in [0.1, 0.15) is 47.0 Å². The average Bonchev–Trinajstić information content (AvgIpc) is 2.58. The summed E-state index contributed by atoms with van der Waals surface area (Å²) in [5.41, 5.74) is -0.352. The topological polar surface area (TPSA) is 55.9 Å². The van der Waals surface area contributed by atoms with Crippen molar-refractivity contribution < 1.29 is 9.59 Å². The Hall–Kier alpha value is -1.30. The Bertz CT molecular complexity index is 439.